The number of esters is 1. The smallest absolute Gasteiger partial charge is 0.303 e. The highest BCUT2D eigenvalue weighted by Crippen LogP contribution is 2.17. The Morgan fingerprint density at radius 2 is 1.31 bits per heavy atom. The normalized spacial score (nSPS) is 11.9. The Morgan fingerprint density at radius 3 is 1.88 bits per heavy atom. The van der Waals surface area contributed by atoms with Crippen LogP contribution in [0.5, 0.6) is 0 Å². The van der Waals surface area contributed by atoms with Gasteiger partial charge in [-0.3, -0.25) is 9.59 Å². The first-order chi connectivity index (χ1) is 15.6. The molecular weight excluding hydrogens is 404 g/mol. The van der Waals surface area contributed by atoms with Crippen molar-refractivity contribution >= 4 is 11.9 Å². The fraction of sp³-hybridized carbons (Fsp3) is 0.704. The van der Waals surface area contributed by atoms with Gasteiger partial charge >= 0.3 is 11.9 Å². The van der Waals surface area contributed by atoms with Crippen molar-refractivity contribution in [2.75, 3.05) is 6.61 Å². The zero-order valence-electron chi connectivity index (χ0n) is 20.1. The molecule has 0 heterocycles. The largest absolute Gasteiger partial charge is 0.481 e. The van der Waals surface area contributed by atoms with Gasteiger partial charge in [0.05, 0.1) is 19.3 Å². The fourth-order valence-corrected chi connectivity index (χ4v) is 3.86. The molecule has 32 heavy (non-hydrogen) atoms. The minimum Gasteiger partial charge on any atom is -0.481 e. The monoisotopic (exact) mass is 448 g/mol. The van der Waals surface area contributed by atoms with Crippen LogP contribution in [0, 0.1) is 0 Å². The molecule has 0 saturated heterocycles. The molecule has 0 fully saturated rings. The molecule has 0 bridgehead atoms. The number of carbonyl (C=O) groups is 2. The lowest BCUT2D eigenvalue weighted by molar-refractivity contribution is -0.141. The second-order valence-electron chi connectivity index (χ2n) is 8.72. The van der Waals surface area contributed by atoms with Crippen molar-refractivity contribution in [2.45, 2.75) is 116 Å². The van der Waals surface area contributed by atoms with E-state index < -0.39 is 5.97 Å². The summed E-state index contributed by atoms with van der Waals surface area (Å²) in [6, 6.07) is 10.2. The summed E-state index contributed by atoms with van der Waals surface area (Å²) < 4.78 is 11.1. The SMILES string of the molecule is CC(=O)OCCCCCCCCCCCCCC(CCCC(=O)O)OCc1ccccc1. The van der Waals surface area contributed by atoms with E-state index >= 15 is 0 Å². The molecule has 1 N–H and O–H groups in total. The van der Waals surface area contributed by atoms with Gasteiger partial charge < -0.3 is 14.6 Å². The molecule has 0 saturated carbocycles. The summed E-state index contributed by atoms with van der Waals surface area (Å²) in [5.41, 5.74) is 1.17. The van der Waals surface area contributed by atoms with Crippen molar-refractivity contribution in [3.63, 3.8) is 0 Å². The first-order valence-corrected chi connectivity index (χ1v) is 12.6. The Kier molecular flexibility index (Phi) is 17.4. The predicted octanol–water partition coefficient (Wildman–Crippen LogP) is 7.07. The van der Waals surface area contributed by atoms with E-state index in [0.717, 1.165) is 32.1 Å². The maximum absolute atomic E-state index is 10.8. The van der Waals surface area contributed by atoms with Gasteiger partial charge in [-0.25, -0.2) is 0 Å². The molecule has 182 valence electrons. The van der Waals surface area contributed by atoms with Gasteiger partial charge in [-0.05, 0) is 31.2 Å². The number of aliphatic carboxylic acids is 1. The Bertz CT molecular complexity index is 587. The van der Waals surface area contributed by atoms with Gasteiger partial charge in [-0.1, -0.05) is 94.5 Å². The quantitative estimate of drug-likeness (QED) is 0.161. The lowest BCUT2D eigenvalue weighted by Crippen LogP contribution is -2.14. The number of ether oxygens (including phenoxy) is 2. The number of carbonyl (C=O) groups excluding carboxylic acids is 1. The van der Waals surface area contributed by atoms with Gasteiger partial charge in [0.25, 0.3) is 0 Å². The van der Waals surface area contributed by atoms with Crippen molar-refractivity contribution in [3.8, 4) is 0 Å². The molecule has 0 radical (unpaired) electrons. The number of benzene rings is 1. The molecule has 5 nitrogen and oxygen atoms in total. The molecule has 1 aromatic carbocycles. The predicted molar refractivity (Wildman–Crippen MR) is 129 cm³/mol. The molecule has 1 atom stereocenters. The lowest BCUT2D eigenvalue weighted by atomic mass is 10.0. The van der Waals surface area contributed by atoms with Gasteiger partial charge in [0.1, 0.15) is 0 Å². The van der Waals surface area contributed by atoms with E-state index in [1.807, 2.05) is 18.2 Å². The number of hydrogen-bond donors (Lipinski definition) is 1. The highest BCUT2D eigenvalue weighted by atomic mass is 16.5. The summed E-state index contributed by atoms with van der Waals surface area (Å²) in [5, 5.41) is 8.89. The van der Waals surface area contributed by atoms with Gasteiger partial charge in [0.15, 0.2) is 0 Å². The number of carboxylic acids is 1. The number of hydrogen-bond acceptors (Lipinski definition) is 4. The van der Waals surface area contributed by atoms with E-state index in [-0.39, 0.29) is 18.5 Å². The van der Waals surface area contributed by atoms with Crippen LogP contribution in [0.2, 0.25) is 0 Å². The first kappa shape index (κ1) is 28.2. The molecule has 0 spiro atoms. The maximum atomic E-state index is 10.8. The van der Waals surface area contributed by atoms with Crippen molar-refractivity contribution in [2.24, 2.45) is 0 Å². The van der Waals surface area contributed by atoms with E-state index in [1.165, 1.54) is 63.9 Å². The molecule has 0 aliphatic carbocycles. The Morgan fingerprint density at radius 1 is 0.781 bits per heavy atom. The van der Waals surface area contributed by atoms with E-state index in [4.69, 9.17) is 14.6 Å². The van der Waals surface area contributed by atoms with Gasteiger partial charge in [-0.15, -0.1) is 0 Å². The second-order valence-corrected chi connectivity index (χ2v) is 8.72. The molecule has 1 rings (SSSR count). The Balaban J connectivity index is 2.02. The Labute approximate surface area is 194 Å². The number of rotatable bonds is 21. The standard InChI is InChI=1S/C27H44O5/c1-24(28)31-22-15-10-8-6-4-2-3-5-7-9-14-19-26(20-16-21-27(29)30)32-23-25-17-12-11-13-18-25/h11-13,17-18,26H,2-10,14-16,19-23H2,1H3,(H,29,30). The molecule has 5 heteroatoms. The molecular formula is C27H44O5. The van der Waals surface area contributed by atoms with Crippen molar-refractivity contribution < 1.29 is 24.2 Å². The molecule has 0 amide bonds. The molecule has 1 aromatic rings. The van der Waals surface area contributed by atoms with Crippen molar-refractivity contribution in [1.29, 1.82) is 0 Å². The van der Waals surface area contributed by atoms with Crippen LogP contribution in [0.25, 0.3) is 0 Å². The van der Waals surface area contributed by atoms with Crippen molar-refractivity contribution in [3.05, 3.63) is 35.9 Å². The zero-order valence-corrected chi connectivity index (χ0v) is 20.1. The number of unbranched alkanes of at least 4 members (excludes halogenated alkanes) is 10. The van der Waals surface area contributed by atoms with Crippen LogP contribution in [-0.2, 0) is 25.7 Å². The highest BCUT2D eigenvalue weighted by molar-refractivity contribution is 5.66. The molecule has 1 unspecified atom stereocenters. The highest BCUT2D eigenvalue weighted by Gasteiger charge is 2.10. The van der Waals surface area contributed by atoms with E-state index in [1.54, 1.807) is 0 Å². The molecule has 0 aromatic heterocycles. The third kappa shape index (κ3) is 17.8. The van der Waals surface area contributed by atoms with E-state index in [2.05, 4.69) is 12.1 Å². The minimum atomic E-state index is -0.728. The second kappa shape index (κ2) is 19.8. The third-order valence-electron chi connectivity index (χ3n) is 5.72. The van der Waals surface area contributed by atoms with Crippen molar-refractivity contribution in [1.82, 2.24) is 0 Å². The maximum Gasteiger partial charge on any atom is 0.303 e. The summed E-state index contributed by atoms with van der Waals surface area (Å²) >= 11 is 0. The average molecular weight is 449 g/mol. The summed E-state index contributed by atoms with van der Waals surface area (Å²) in [6.45, 7) is 2.62. The molecule has 0 aliphatic heterocycles. The van der Waals surface area contributed by atoms with E-state index in [9.17, 15) is 9.59 Å². The van der Waals surface area contributed by atoms with Crippen LogP contribution in [-0.4, -0.2) is 29.8 Å². The van der Waals surface area contributed by atoms with Gasteiger partial charge in [-0.2, -0.15) is 0 Å². The van der Waals surface area contributed by atoms with Crippen LogP contribution >= 0.6 is 0 Å². The Hall–Kier alpha value is -1.88. The van der Waals surface area contributed by atoms with E-state index in [0.29, 0.717) is 19.6 Å². The zero-order chi connectivity index (χ0) is 23.3. The fourth-order valence-electron chi connectivity index (χ4n) is 3.86. The van der Waals surface area contributed by atoms with Gasteiger partial charge in [0.2, 0.25) is 0 Å². The van der Waals surface area contributed by atoms with Crippen LogP contribution < -0.4 is 0 Å². The topological polar surface area (TPSA) is 72.8 Å². The lowest BCUT2D eigenvalue weighted by Gasteiger charge is -2.18. The minimum absolute atomic E-state index is 0.149. The summed E-state index contributed by atoms with van der Waals surface area (Å²) in [6.07, 6.45) is 16.3. The molecule has 0 aliphatic rings. The van der Waals surface area contributed by atoms with Crippen LogP contribution in [0.1, 0.15) is 109 Å². The third-order valence-corrected chi connectivity index (χ3v) is 5.72. The van der Waals surface area contributed by atoms with Crippen LogP contribution in [0.4, 0.5) is 0 Å². The summed E-state index contributed by atoms with van der Waals surface area (Å²) in [4.78, 5) is 21.5. The van der Waals surface area contributed by atoms with Gasteiger partial charge in [0, 0.05) is 13.3 Å². The number of carboxylic acid groups (broad SMARTS) is 1. The summed E-state index contributed by atoms with van der Waals surface area (Å²) in [7, 11) is 0. The van der Waals surface area contributed by atoms with Crippen LogP contribution in [0.3, 0.4) is 0 Å². The first-order valence-electron chi connectivity index (χ1n) is 12.6. The summed E-state index contributed by atoms with van der Waals surface area (Å²) in [5.74, 6) is -0.910. The average Bonchev–Trinajstić information content (AvgIpc) is 2.77. The van der Waals surface area contributed by atoms with Crippen LogP contribution in [0.15, 0.2) is 30.3 Å².